The van der Waals surface area contributed by atoms with E-state index in [4.69, 9.17) is 9.47 Å². The molecule has 0 bridgehead atoms. The van der Waals surface area contributed by atoms with Crippen LogP contribution >= 0.6 is 11.3 Å². The van der Waals surface area contributed by atoms with Gasteiger partial charge in [-0.1, -0.05) is 11.3 Å². The number of anilines is 1. The number of hydrogen-bond acceptors (Lipinski definition) is 9. The maximum absolute atomic E-state index is 12.0. The number of nitrogens with zero attached hydrogens (tertiary/aromatic N) is 5. The normalized spacial score (nSPS) is 10.4. The SMILES string of the molecule is COc1nc(OC(C)C)nc(C(=O)Nc2nncs2)n1. The first-order valence-corrected chi connectivity index (χ1v) is 6.50. The number of carbonyl (C=O) groups excluding carboxylic acids is 1. The second-order valence-corrected chi connectivity index (χ2v) is 4.63. The van der Waals surface area contributed by atoms with Crippen molar-refractivity contribution in [3.05, 3.63) is 11.3 Å². The number of amides is 1. The Hall–Kier alpha value is -2.36. The van der Waals surface area contributed by atoms with Gasteiger partial charge in [-0.05, 0) is 13.8 Å². The molecule has 0 unspecified atom stereocenters. The molecule has 0 aliphatic rings. The van der Waals surface area contributed by atoms with E-state index in [1.165, 1.54) is 24.0 Å². The summed E-state index contributed by atoms with van der Waals surface area (Å²) < 4.78 is 10.2. The minimum atomic E-state index is -0.545. The van der Waals surface area contributed by atoms with Gasteiger partial charge in [0, 0.05) is 0 Å². The van der Waals surface area contributed by atoms with Crippen molar-refractivity contribution in [1.29, 1.82) is 0 Å². The summed E-state index contributed by atoms with van der Waals surface area (Å²) in [5.74, 6) is -0.668. The van der Waals surface area contributed by atoms with E-state index in [2.05, 4.69) is 30.5 Å². The van der Waals surface area contributed by atoms with Crippen molar-refractivity contribution >= 4 is 22.4 Å². The van der Waals surface area contributed by atoms with Gasteiger partial charge in [-0.15, -0.1) is 15.2 Å². The lowest BCUT2D eigenvalue weighted by atomic mass is 10.5. The van der Waals surface area contributed by atoms with Crippen LogP contribution in [0.2, 0.25) is 0 Å². The van der Waals surface area contributed by atoms with Crippen molar-refractivity contribution in [2.45, 2.75) is 20.0 Å². The molecule has 0 atom stereocenters. The van der Waals surface area contributed by atoms with Crippen molar-refractivity contribution < 1.29 is 14.3 Å². The lowest BCUT2D eigenvalue weighted by molar-refractivity contribution is 0.101. The standard InChI is InChI=1S/C10H12N6O3S/c1-5(2)19-9-13-6(12-8(15-9)18-3)7(17)14-10-16-11-4-20-10/h4-5H,1-3H3,(H,14,16,17). The number of nitrogens with one attached hydrogen (secondary N) is 1. The average molecular weight is 296 g/mol. The van der Waals surface area contributed by atoms with E-state index in [0.717, 1.165) is 0 Å². The van der Waals surface area contributed by atoms with Crippen molar-refractivity contribution in [2.75, 3.05) is 12.4 Å². The molecule has 0 aliphatic carbocycles. The van der Waals surface area contributed by atoms with Crippen LogP contribution in [0.25, 0.3) is 0 Å². The summed E-state index contributed by atoms with van der Waals surface area (Å²) in [6.45, 7) is 3.63. The van der Waals surface area contributed by atoms with Crippen LogP contribution in [0.1, 0.15) is 24.5 Å². The van der Waals surface area contributed by atoms with Crippen LogP contribution in [-0.4, -0.2) is 44.3 Å². The van der Waals surface area contributed by atoms with E-state index in [0.29, 0.717) is 5.13 Å². The van der Waals surface area contributed by atoms with Gasteiger partial charge in [-0.2, -0.15) is 9.97 Å². The minimum Gasteiger partial charge on any atom is -0.467 e. The number of aromatic nitrogens is 5. The highest BCUT2D eigenvalue weighted by atomic mass is 32.1. The molecule has 0 spiro atoms. The van der Waals surface area contributed by atoms with Gasteiger partial charge in [0.25, 0.3) is 5.91 Å². The van der Waals surface area contributed by atoms with Gasteiger partial charge in [0.2, 0.25) is 11.0 Å². The van der Waals surface area contributed by atoms with E-state index >= 15 is 0 Å². The Labute approximate surface area is 118 Å². The summed E-state index contributed by atoms with van der Waals surface area (Å²) >= 11 is 1.18. The molecule has 0 saturated carbocycles. The summed E-state index contributed by atoms with van der Waals surface area (Å²) in [4.78, 5) is 23.7. The van der Waals surface area contributed by atoms with Gasteiger partial charge < -0.3 is 9.47 Å². The Morgan fingerprint density at radius 2 is 2.05 bits per heavy atom. The third kappa shape index (κ3) is 3.57. The molecule has 2 aromatic rings. The number of ether oxygens (including phenoxy) is 2. The van der Waals surface area contributed by atoms with Gasteiger partial charge in [-0.3, -0.25) is 10.1 Å². The van der Waals surface area contributed by atoms with Crippen LogP contribution < -0.4 is 14.8 Å². The van der Waals surface area contributed by atoms with Gasteiger partial charge >= 0.3 is 12.0 Å². The summed E-state index contributed by atoms with van der Waals surface area (Å²) in [5.41, 5.74) is 1.50. The van der Waals surface area contributed by atoms with Crippen LogP contribution in [0.5, 0.6) is 12.0 Å². The van der Waals surface area contributed by atoms with Crippen LogP contribution in [-0.2, 0) is 0 Å². The van der Waals surface area contributed by atoms with E-state index in [9.17, 15) is 4.79 Å². The molecule has 20 heavy (non-hydrogen) atoms. The maximum Gasteiger partial charge on any atom is 0.323 e. The topological polar surface area (TPSA) is 112 Å². The van der Waals surface area contributed by atoms with E-state index < -0.39 is 5.91 Å². The molecule has 1 amide bonds. The highest BCUT2D eigenvalue weighted by Crippen LogP contribution is 2.13. The molecule has 2 heterocycles. The van der Waals surface area contributed by atoms with Crippen LogP contribution in [0.4, 0.5) is 5.13 Å². The minimum absolute atomic E-state index is 0.00179. The summed E-state index contributed by atoms with van der Waals surface area (Å²) in [6, 6.07) is 0.0207. The molecule has 0 aromatic carbocycles. The highest BCUT2D eigenvalue weighted by Gasteiger charge is 2.16. The summed E-state index contributed by atoms with van der Waals surface area (Å²) in [7, 11) is 1.39. The molecule has 1 N–H and O–H groups in total. The molecule has 9 nitrogen and oxygen atoms in total. The zero-order chi connectivity index (χ0) is 14.5. The Kier molecular flexibility index (Phi) is 4.35. The third-order valence-corrected chi connectivity index (χ3v) is 2.51. The molecule has 2 rings (SSSR count). The monoisotopic (exact) mass is 296 g/mol. The fourth-order valence-corrected chi connectivity index (χ4v) is 1.61. The molecular weight excluding hydrogens is 284 g/mol. The van der Waals surface area contributed by atoms with Gasteiger partial charge in [0.1, 0.15) is 5.51 Å². The van der Waals surface area contributed by atoms with Gasteiger partial charge in [-0.25, -0.2) is 0 Å². The molecule has 0 aliphatic heterocycles. The first-order chi connectivity index (χ1) is 9.58. The number of carbonyl (C=O) groups is 1. The van der Waals surface area contributed by atoms with E-state index in [-0.39, 0.29) is 23.9 Å². The second-order valence-electron chi connectivity index (χ2n) is 3.79. The molecule has 106 valence electrons. The molecule has 0 saturated heterocycles. The van der Waals surface area contributed by atoms with Crippen molar-refractivity contribution in [2.24, 2.45) is 0 Å². The van der Waals surface area contributed by atoms with Crippen LogP contribution in [0.15, 0.2) is 5.51 Å². The zero-order valence-corrected chi connectivity index (χ0v) is 11.8. The van der Waals surface area contributed by atoms with Crippen molar-refractivity contribution in [3.63, 3.8) is 0 Å². The Balaban J connectivity index is 2.23. The Morgan fingerprint density at radius 1 is 1.30 bits per heavy atom. The fraction of sp³-hybridized carbons (Fsp3) is 0.400. The largest absolute Gasteiger partial charge is 0.467 e. The van der Waals surface area contributed by atoms with Crippen LogP contribution in [0, 0.1) is 0 Å². The summed E-state index contributed by atoms with van der Waals surface area (Å²) in [6.07, 6.45) is -0.138. The van der Waals surface area contributed by atoms with E-state index in [1.807, 2.05) is 13.8 Å². The first-order valence-electron chi connectivity index (χ1n) is 5.62. The molecule has 2 aromatic heterocycles. The molecular formula is C10H12N6O3S. The number of methoxy groups -OCH3 is 1. The first kappa shape index (κ1) is 14.1. The Morgan fingerprint density at radius 3 is 2.65 bits per heavy atom. The Bertz CT molecular complexity index is 589. The number of hydrogen-bond donors (Lipinski definition) is 1. The molecule has 0 fully saturated rings. The third-order valence-electron chi connectivity index (χ3n) is 1.90. The zero-order valence-electron chi connectivity index (χ0n) is 11.0. The predicted octanol–water partition coefficient (Wildman–Crippen LogP) is 0.771. The highest BCUT2D eigenvalue weighted by molar-refractivity contribution is 7.13. The average Bonchev–Trinajstić information content (AvgIpc) is 2.90. The smallest absolute Gasteiger partial charge is 0.323 e. The molecule has 10 heteroatoms. The van der Waals surface area contributed by atoms with Crippen molar-refractivity contribution in [1.82, 2.24) is 25.1 Å². The van der Waals surface area contributed by atoms with Gasteiger partial charge in [0.15, 0.2) is 0 Å². The molecule has 0 radical (unpaired) electrons. The maximum atomic E-state index is 12.0. The second kappa shape index (κ2) is 6.19. The number of rotatable bonds is 5. The van der Waals surface area contributed by atoms with Crippen molar-refractivity contribution in [3.8, 4) is 12.0 Å². The van der Waals surface area contributed by atoms with E-state index in [1.54, 1.807) is 0 Å². The lowest BCUT2D eigenvalue weighted by Gasteiger charge is -2.09. The predicted molar refractivity (Wildman–Crippen MR) is 70.0 cm³/mol. The summed E-state index contributed by atoms with van der Waals surface area (Å²) in [5, 5.41) is 10.2. The quantitative estimate of drug-likeness (QED) is 0.861. The van der Waals surface area contributed by atoms with Gasteiger partial charge in [0.05, 0.1) is 13.2 Å². The lowest BCUT2D eigenvalue weighted by Crippen LogP contribution is -2.18. The van der Waals surface area contributed by atoms with Crippen LogP contribution in [0.3, 0.4) is 0 Å². The fourth-order valence-electron chi connectivity index (χ4n) is 1.17.